The Morgan fingerprint density at radius 2 is 1.62 bits per heavy atom. The van der Waals surface area contributed by atoms with Gasteiger partial charge in [-0.15, -0.1) is 22.7 Å². The molecule has 34 heavy (non-hydrogen) atoms. The molecule has 3 heteroatoms. The number of thiophene rings is 2. The number of nitrogens with zero attached hydrogens (tertiary/aromatic N) is 1. The van der Waals surface area contributed by atoms with Crippen molar-refractivity contribution < 1.29 is 0 Å². The number of benzene rings is 3. The van der Waals surface area contributed by atoms with Gasteiger partial charge in [-0.1, -0.05) is 51.1 Å². The van der Waals surface area contributed by atoms with Crippen LogP contribution in [0.15, 0.2) is 72.2 Å². The maximum Gasteiger partial charge on any atom is 0.0791 e. The Balaban J connectivity index is 1.60. The highest BCUT2D eigenvalue weighted by atomic mass is 32.1. The molecule has 3 heterocycles. The summed E-state index contributed by atoms with van der Waals surface area (Å²) in [6, 6.07) is 22.5. The Morgan fingerprint density at radius 1 is 0.794 bits per heavy atom. The van der Waals surface area contributed by atoms with E-state index < -0.39 is 0 Å². The van der Waals surface area contributed by atoms with Crippen LogP contribution in [-0.4, -0.2) is 4.98 Å². The van der Waals surface area contributed by atoms with Crippen LogP contribution >= 0.6 is 22.7 Å². The molecule has 0 unspecified atom stereocenters. The second-order valence-corrected chi connectivity index (χ2v) is 12.2. The minimum atomic E-state index is 0.0478. The van der Waals surface area contributed by atoms with Gasteiger partial charge in [0.15, 0.2) is 0 Å². The van der Waals surface area contributed by atoms with Crippen molar-refractivity contribution in [2.45, 2.75) is 40.0 Å². The van der Waals surface area contributed by atoms with E-state index in [1.54, 1.807) is 0 Å². The van der Waals surface area contributed by atoms with Crippen molar-refractivity contribution in [2.24, 2.45) is 0 Å². The molecular weight excluding hydrogens is 450 g/mol. The fourth-order valence-corrected chi connectivity index (χ4v) is 7.18. The largest absolute Gasteiger partial charge is 0.256 e. The van der Waals surface area contributed by atoms with Crippen LogP contribution in [0.3, 0.4) is 0 Å². The van der Waals surface area contributed by atoms with Crippen LogP contribution in [0.25, 0.3) is 52.6 Å². The molecule has 0 bridgehead atoms. The summed E-state index contributed by atoms with van der Waals surface area (Å²) in [4.78, 5) is 6.28. The van der Waals surface area contributed by atoms with E-state index in [0.29, 0.717) is 0 Å². The van der Waals surface area contributed by atoms with Crippen LogP contribution in [0.1, 0.15) is 37.5 Å². The highest BCUT2D eigenvalue weighted by Gasteiger charge is 2.21. The van der Waals surface area contributed by atoms with Gasteiger partial charge in [-0.2, -0.15) is 0 Å². The fraction of sp³-hybridized carbons (Fsp3) is 0.194. The third-order valence-electron chi connectivity index (χ3n) is 6.81. The number of rotatable bonds is 2. The number of aryl methyl sites for hydroxylation is 2. The molecule has 0 aliphatic heterocycles. The standard InChI is InChI=1S/C31H27NS2/c1-18-17-33-26-11-10-21(15-24(18)26)30-19(2)28-27(34-30)12-13-32-29(28)22-14-20-8-6-7-9-23(20)25(16-22)31(3,4)5/h6-17H,1-5H3. The summed E-state index contributed by atoms with van der Waals surface area (Å²) in [5, 5.41) is 7.49. The SMILES string of the molecule is Cc1csc2ccc(-c3sc4ccnc(-c5cc(C(C)(C)C)c6ccccc6c5)c4c3C)cc12. The van der Waals surface area contributed by atoms with E-state index in [1.165, 1.54) is 63.6 Å². The summed E-state index contributed by atoms with van der Waals surface area (Å²) >= 11 is 3.70. The summed E-state index contributed by atoms with van der Waals surface area (Å²) in [7, 11) is 0. The number of aromatic nitrogens is 1. The van der Waals surface area contributed by atoms with E-state index in [1.807, 2.05) is 28.9 Å². The lowest BCUT2D eigenvalue weighted by molar-refractivity contribution is 0.596. The molecule has 3 aromatic heterocycles. The van der Waals surface area contributed by atoms with Crippen LogP contribution in [0, 0.1) is 13.8 Å². The van der Waals surface area contributed by atoms with Gasteiger partial charge in [0, 0.05) is 31.4 Å². The van der Waals surface area contributed by atoms with Crippen molar-refractivity contribution >= 4 is 53.6 Å². The normalized spacial score (nSPS) is 12.3. The monoisotopic (exact) mass is 477 g/mol. The van der Waals surface area contributed by atoms with Gasteiger partial charge in [-0.3, -0.25) is 4.98 Å². The Labute approximate surface area is 208 Å². The molecule has 0 saturated carbocycles. The van der Waals surface area contributed by atoms with Gasteiger partial charge in [0.05, 0.1) is 5.69 Å². The minimum absolute atomic E-state index is 0.0478. The first-order valence-corrected chi connectivity index (χ1v) is 13.4. The smallest absolute Gasteiger partial charge is 0.0791 e. The summed E-state index contributed by atoms with van der Waals surface area (Å²) in [6.45, 7) is 11.3. The molecule has 6 rings (SSSR count). The quantitative estimate of drug-likeness (QED) is 0.242. The summed E-state index contributed by atoms with van der Waals surface area (Å²) in [5.74, 6) is 0. The molecule has 0 aliphatic rings. The first-order chi connectivity index (χ1) is 16.3. The van der Waals surface area contributed by atoms with Gasteiger partial charge >= 0.3 is 0 Å². The zero-order chi connectivity index (χ0) is 23.6. The molecule has 0 saturated heterocycles. The lowest BCUT2D eigenvalue weighted by Crippen LogP contribution is -2.12. The molecule has 1 nitrogen and oxygen atoms in total. The van der Waals surface area contributed by atoms with Crippen molar-refractivity contribution in [1.29, 1.82) is 0 Å². The average Bonchev–Trinajstić information content (AvgIpc) is 3.37. The van der Waals surface area contributed by atoms with Crippen molar-refractivity contribution in [2.75, 3.05) is 0 Å². The number of hydrogen-bond acceptors (Lipinski definition) is 3. The molecule has 0 fully saturated rings. The first-order valence-electron chi connectivity index (χ1n) is 11.7. The Kier molecular flexibility index (Phi) is 4.91. The third-order valence-corrected chi connectivity index (χ3v) is 9.20. The molecule has 0 aliphatic carbocycles. The second kappa shape index (κ2) is 7.76. The third kappa shape index (κ3) is 3.38. The molecule has 0 N–H and O–H groups in total. The van der Waals surface area contributed by atoms with Crippen LogP contribution in [-0.2, 0) is 5.41 Å². The highest BCUT2D eigenvalue weighted by molar-refractivity contribution is 7.22. The van der Waals surface area contributed by atoms with Crippen LogP contribution in [0.5, 0.6) is 0 Å². The maximum atomic E-state index is 4.94. The zero-order valence-electron chi connectivity index (χ0n) is 20.2. The van der Waals surface area contributed by atoms with Gasteiger partial charge < -0.3 is 0 Å². The summed E-state index contributed by atoms with van der Waals surface area (Å²) in [6.07, 6.45) is 1.97. The minimum Gasteiger partial charge on any atom is -0.256 e. The van der Waals surface area contributed by atoms with E-state index in [9.17, 15) is 0 Å². The van der Waals surface area contributed by atoms with Crippen LogP contribution < -0.4 is 0 Å². The fourth-order valence-electron chi connectivity index (χ4n) is 5.05. The van der Waals surface area contributed by atoms with E-state index in [2.05, 4.69) is 101 Å². The van der Waals surface area contributed by atoms with E-state index in [0.717, 1.165) is 5.69 Å². The van der Waals surface area contributed by atoms with Crippen molar-refractivity contribution in [3.05, 3.63) is 88.9 Å². The Morgan fingerprint density at radius 3 is 2.44 bits per heavy atom. The van der Waals surface area contributed by atoms with Gasteiger partial charge in [-0.05, 0) is 93.4 Å². The molecule has 6 aromatic rings. The molecule has 0 amide bonds. The first kappa shape index (κ1) is 21.5. The van der Waals surface area contributed by atoms with Gasteiger partial charge in [0.2, 0.25) is 0 Å². The molecule has 0 spiro atoms. The molecule has 168 valence electrons. The van der Waals surface area contributed by atoms with E-state index in [-0.39, 0.29) is 5.41 Å². The second-order valence-electron chi connectivity index (χ2n) is 10.2. The van der Waals surface area contributed by atoms with Crippen molar-refractivity contribution in [3.8, 4) is 21.7 Å². The predicted molar refractivity (Wildman–Crippen MR) is 152 cm³/mol. The predicted octanol–water partition coefficient (Wildman–Crippen LogP) is 9.91. The lowest BCUT2D eigenvalue weighted by atomic mass is 9.82. The van der Waals surface area contributed by atoms with E-state index >= 15 is 0 Å². The van der Waals surface area contributed by atoms with Crippen LogP contribution in [0.4, 0.5) is 0 Å². The topological polar surface area (TPSA) is 12.9 Å². The number of pyridine rings is 1. The molecular formula is C31H27NS2. The van der Waals surface area contributed by atoms with Crippen molar-refractivity contribution in [1.82, 2.24) is 4.98 Å². The molecule has 0 radical (unpaired) electrons. The lowest BCUT2D eigenvalue weighted by Gasteiger charge is -2.23. The van der Waals surface area contributed by atoms with Crippen molar-refractivity contribution in [3.63, 3.8) is 0 Å². The average molecular weight is 478 g/mol. The highest BCUT2D eigenvalue weighted by Crippen LogP contribution is 2.44. The van der Waals surface area contributed by atoms with E-state index in [4.69, 9.17) is 4.98 Å². The Bertz CT molecular complexity index is 1710. The summed E-state index contributed by atoms with van der Waals surface area (Å²) < 4.78 is 2.65. The maximum absolute atomic E-state index is 4.94. The van der Waals surface area contributed by atoms with Gasteiger partial charge in [0.1, 0.15) is 0 Å². The number of fused-ring (bicyclic) bond motifs is 3. The van der Waals surface area contributed by atoms with Crippen LogP contribution in [0.2, 0.25) is 0 Å². The molecule has 3 aromatic carbocycles. The zero-order valence-corrected chi connectivity index (χ0v) is 21.8. The van der Waals surface area contributed by atoms with Gasteiger partial charge in [-0.25, -0.2) is 0 Å². The van der Waals surface area contributed by atoms with Gasteiger partial charge in [0.25, 0.3) is 0 Å². The number of hydrogen-bond donors (Lipinski definition) is 0. The molecule has 0 atom stereocenters. The Hall–Kier alpha value is -3.01. The summed E-state index contributed by atoms with van der Waals surface area (Å²) in [5.41, 5.74) is 7.67.